The monoisotopic (exact) mass is 333 g/mol. The molecule has 0 unspecified atom stereocenters. The van der Waals surface area contributed by atoms with Crippen LogP contribution in [0, 0.1) is 0 Å². The van der Waals surface area contributed by atoms with Crippen molar-refractivity contribution in [2.45, 2.75) is 18.9 Å². The molecule has 1 saturated heterocycles. The van der Waals surface area contributed by atoms with Crippen molar-refractivity contribution >= 4 is 21.8 Å². The van der Waals surface area contributed by atoms with E-state index < -0.39 is 10.0 Å². The molecule has 1 N–H and O–H groups in total. The smallest absolute Gasteiger partial charge is 0.255 e. The molecule has 0 amide bonds. The lowest BCUT2D eigenvalue weighted by atomic mass is 10.1. The Bertz CT molecular complexity index is 763. The molecule has 0 saturated carbocycles. The van der Waals surface area contributed by atoms with E-state index in [2.05, 4.69) is 9.82 Å². The van der Waals surface area contributed by atoms with Crippen LogP contribution in [0.15, 0.2) is 48.1 Å². The highest BCUT2D eigenvalue weighted by Crippen LogP contribution is 2.22. The standard InChI is InChI=1S/C16H19N3O3S/c20-23(21,11-8-14-4-2-1-3-5-14)18-15-12-17-19(13-15)16-6-9-22-10-7-16/h1-5,8,11-13,16,18H,6-7,9-10H2/b11-8+. The van der Waals surface area contributed by atoms with Gasteiger partial charge in [0.25, 0.3) is 10.0 Å². The van der Waals surface area contributed by atoms with Crippen LogP contribution in [0.25, 0.3) is 6.08 Å². The lowest BCUT2D eigenvalue weighted by Crippen LogP contribution is -2.19. The topological polar surface area (TPSA) is 73.2 Å². The van der Waals surface area contributed by atoms with Crippen molar-refractivity contribution in [3.8, 4) is 0 Å². The quantitative estimate of drug-likeness (QED) is 0.913. The molecule has 122 valence electrons. The highest BCUT2D eigenvalue weighted by atomic mass is 32.2. The summed E-state index contributed by atoms with van der Waals surface area (Å²) in [6.07, 6.45) is 6.60. The van der Waals surface area contributed by atoms with Gasteiger partial charge in [-0.25, -0.2) is 8.42 Å². The van der Waals surface area contributed by atoms with Gasteiger partial charge in [0.2, 0.25) is 0 Å². The zero-order valence-electron chi connectivity index (χ0n) is 12.6. The third-order valence-corrected chi connectivity index (χ3v) is 4.68. The summed E-state index contributed by atoms with van der Waals surface area (Å²) >= 11 is 0. The Labute approximate surface area is 135 Å². The van der Waals surface area contributed by atoms with Gasteiger partial charge in [-0.3, -0.25) is 9.40 Å². The van der Waals surface area contributed by atoms with Crippen molar-refractivity contribution in [3.63, 3.8) is 0 Å². The number of anilines is 1. The molecule has 2 heterocycles. The van der Waals surface area contributed by atoms with Gasteiger partial charge in [-0.1, -0.05) is 30.3 Å². The van der Waals surface area contributed by atoms with Crippen LogP contribution in [0.3, 0.4) is 0 Å². The fourth-order valence-electron chi connectivity index (χ4n) is 2.47. The second-order valence-corrected chi connectivity index (χ2v) is 6.98. The largest absolute Gasteiger partial charge is 0.381 e. The van der Waals surface area contributed by atoms with Gasteiger partial charge in [0.15, 0.2) is 0 Å². The molecule has 0 spiro atoms. The van der Waals surface area contributed by atoms with Crippen LogP contribution >= 0.6 is 0 Å². The molecule has 23 heavy (non-hydrogen) atoms. The first-order valence-electron chi connectivity index (χ1n) is 7.50. The van der Waals surface area contributed by atoms with Crippen LogP contribution in [0.2, 0.25) is 0 Å². The van der Waals surface area contributed by atoms with Crippen molar-refractivity contribution in [2.75, 3.05) is 17.9 Å². The van der Waals surface area contributed by atoms with Gasteiger partial charge in [0.1, 0.15) is 0 Å². The van der Waals surface area contributed by atoms with Crippen LogP contribution in [0.5, 0.6) is 0 Å². The van der Waals surface area contributed by atoms with E-state index in [-0.39, 0.29) is 6.04 Å². The van der Waals surface area contributed by atoms with Crippen molar-refractivity contribution in [3.05, 3.63) is 53.7 Å². The lowest BCUT2D eigenvalue weighted by molar-refractivity contribution is 0.0662. The van der Waals surface area contributed by atoms with E-state index in [4.69, 9.17) is 4.74 Å². The van der Waals surface area contributed by atoms with E-state index in [1.165, 1.54) is 6.20 Å². The molecule has 0 aliphatic carbocycles. The third-order valence-electron chi connectivity index (χ3n) is 3.67. The van der Waals surface area contributed by atoms with E-state index in [1.54, 1.807) is 17.0 Å². The predicted molar refractivity (Wildman–Crippen MR) is 89.3 cm³/mol. The molecular weight excluding hydrogens is 314 g/mol. The fourth-order valence-corrected chi connectivity index (χ4v) is 3.31. The van der Waals surface area contributed by atoms with E-state index in [9.17, 15) is 8.42 Å². The fraction of sp³-hybridized carbons (Fsp3) is 0.312. The van der Waals surface area contributed by atoms with E-state index in [1.807, 2.05) is 30.3 Å². The molecule has 6 nitrogen and oxygen atoms in total. The van der Waals surface area contributed by atoms with Gasteiger partial charge in [-0.2, -0.15) is 5.10 Å². The zero-order chi connectivity index (χ0) is 16.1. The minimum absolute atomic E-state index is 0.266. The molecule has 2 aromatic rings. The van der Waals surface area contributed by atoms with Crippen LogP contribution < -0.4 is 4.72 Å². The molecule has 0 radical (unpaired) electrons. The predicted octanol–water partition coefficient (Wildman–Crippen LogP) is 2.65. The number of rotatable bonds is 5. The van der Waals surface area contributed by atoms with Crippen molar-refractivity contribution in [1.82, 2.24) is 9.78 Å². The van der Waals surface area contributed by atoms with Crippen molar-refractivity contribution in [1.29, 1.82) is 0 Å². The highest BCUT2D eigenvalue weighted by molar-refractivity contribution is 7.95. The van der Waals surface area contributed by atoms with Gasteiger partial charge in [-0.15, -0.1) is 0 Å². The zero-order valence-corrected chi connectivity index (χ0v) is 13.4. The summed E-state index contributed by atoms with van der Waals surface area (Å²) < 4.78 is 33.9. The molecule has 3 rings (SSSR count). The maximum Gasteiger partial charge on any atom is 0.255 e. The first kappa shape index (κ1) is 15.8. The van der Waals surface area contributed by atoms with Crippen molar-refractivity contribution < 1.29 is 13.2 Å². The van der Waals surface area contributed by atoms with E-state index in [0.717, 1.165) is 23.8 Å². The SMILES string of the molecule is O=S(=O)(/C=C/c1ccccc1)Nc1cnn(C2CCOCC2)c1. The van der Waals surface area contributed by atoms with Gasteiger partial charge in [-0.05, 0) is 24.5 Å². The molecule has 1 aromatic carbocycles. The lowest BCUT2D eigenvalue weighted by Gasteiger charge is -2.22. The Morgan fingerprint density at radius 3 is 2.70 bits per heavy atom. The van der Waals surface area contributed by atoms with Crippen molar-refractivity contribution in [2.24, 2.45) is 0 Å². The summed E-state index contributed by atoms with van der Waals surface area (Å²) in [5, 5.41) is 5.41. The molecule has 1 aliphatic rings. The van der Waals surface area contributed by atoms with Crippen LogP contribution in [0.1, 0.15) is 24.4 Å². The minimum Gasteiger partial charge on any atom is -0.381 e. The molecule has 0 atom stereocenters. The highest BCUT2D eigenvalue weighted by Gasteiger charge is 2.17. The van der Waals surface area contributed by atoms with Gasteiger partial charge in [0, 0.05) is 19.4 Å². The Balaban J connectivity index is 1.66. The Morgan fingerprint density at radius 2 is 1.96 bits per heavy atom. The average molecular weight is 333 g/mol. The number of sulfonamides is 1. The van der Waals surface area contributed by atoms with Crippen LogP contribution in [-0.4, -0.2) is 31.4 Å². The van der Waals surface area contributed by atoms with Gasteiger partial charge >= 0.3 is 0 Å². The third kappa shape index (κ3) is 4.43. The van der Waals surface area contributed by atoms with Crippen LogP contribution in [0.4, 0.5) is 5.69 Å². The summed E-state index contributed by atoms with van der Waals surface area (Å²) in [7, 11) is -3.56. The second-order valence-electron chi connectivity index (χ2n) is 5.41. The number of nitrogens with zero attached hydrogens (tertiary/aromatic N) is 2. The number of hydrogen-bond acceptors (Lipinski definition) is 4. The minimum atomic E-state index is -3.56. The Hall–Kier alpha value is -2.12. The Kier molecular flexibility index (Phi) is 4.78. The molecule has 0 bridgehead atoms. The van der Waals surface area contributed by atoms with Crippen LogP contribution in [-0.2, 0) is 14.8 Å². The summed E-state index contributed by atoms with van der Waals surface area (Å²) in [4.78, 5) is 0. The normalized spacial score (nSPS) is 16.7. The number of hydrogen-bond donors (Lipinski definition) is 1. The van der Waals surface area contributed by atoms with E-state index >= 15 is 0 Å². The average Bonchev–Trinajstić information content (AvgIpc) is 3.03. The summed E-state index contributed by atoms with van der Waals surface area (Å²) in [6, 6.07) is 9.55. The first-order chi connectivity index (χ1) is 11.1. The first-order valence-corrected chi connectivity index (χ1v) is 9.05. The maximum atomic E-state index is 12.1. The number of benzene rings is 1. The molecule has 1 aromatic heterocycles. The Morgan fingerprint density at radius 1 is 1.22 bits per heavy atom. The molecular formula is C16H19N3O3S. The number of aromatic nitrogens is 2. The maximum absolute atomic E-state index is 12.1. The molecule has 1 fully saturated rings. The molecule has 7 heteroatoms. The van der Waals surface area contributed by atoms with Gasteiger partial charge < -0.3 is 4.74 Å². The van der Waals surface area contributed by atoms with E-state index in [0.29, 0.717) is 18.9 Å². The number of ether oxygens (including phenoxy) is 1. The molecule has 1 aliphatic heterocycles. The summed E-state index contributed by atoms with van der Waals surface area (Å²) in [5.74, 6) is 0. The summed E-state index contributed by atoms with van der Waals surface area (Å²) in [5.41, 5.74) is 1.30. The summed E-state index contributed by atoms with van der Waals surface area (Å²) in [6.45, 7) is 1.43. The van der Waals surface area contributed by atoms with Gasteiger partial charge in [0.05, 0.1) is 23.3 Å². The number of nitrogens with one attached hydrogen (secondary N) is 1. The second kappa shape index (κ2) is 6.97.